The van der Waals surface area contributed by atoms with Crippen LogP contribution in [0, 0.1) is 0 Å². The minimum atomic E-state index is 0.461. The third kappa shape index (κ3) is 4.39. The number of nitrogens with two attached hydrogens (primary N) is 1. The van der Waals surface area contributed by atoms with E-state index in [-0.39, 0.29) is 0 Å². The van der Waals surface area contributed by atoms with Gasteiger partial charge in [-0.15, -0.1) is 0 Å². The first kappa shape index (κ1) is 21.8. The fraction of sp³-hybridized carbons (Fsp3) is 0.385. The number of rotatable bonds is 6. The summed E-state index contributed by atoms with van der Waals surface area (Å²) in [6, 6.07) is 12.3. The van der Waals surface area contributed by atoms with Crippen molar-refractivity contribution in [2.75, 3.05) is 42.3 Å². The number of para-hydroxylation sites is 1. The molecule has 6 rings (SSSR count). The van der Waals surface area contributed by atoms with Gasteiger partial charge in [0.05, 0.1) is 25.2 Å². The Labute approximate surface area is 204 Å². The smallest absolute Gasteiger partial charge is 0.229 e. The Bertz CT molecular complexity index is 1310. The standard InChI is InChI=1S/C26H30N8O/c27-21-8-4-3-7-20(21)22-10-9-18(15-28-22)16-29-24-23-25(34(17-30-23)19-5-1-2-6-19)32-26(31-24)33-11-13-35-14-12-33/h3-4,7-10,15,17,19H,1-2,5-6,11-14,16,27H2,(H,29,31,32). The maximum absolute atomic E-state index is 6.11. The molecular weight excluding hydrogens is 440 g/mol. The monoisotopic (exact) mass is 470 g/mol. The van der Waals surface area contributed by atoms with Crippen molar-refractivity contribution >= 4 is 28.6 Å². The van der Waals surface area contributed by atoms with Gasteiger partial charge in [-0.2, -0.15) is 9.97 Å². The van der Waals surface area contributed by atoms with Gasteiger partial charge in [-0.05, 0) is 30.5 Å². The molecule has 180 valence electrons. The summed E-state index contributed by atoms with van der Waals surface area (Å²) in [5.74, 6) is 1.49. The van der Waals surface area contributed by atoms with Gasteiger partial charge in [0.15, 0.2) is 17.0 Å². The van der Waals surface area contributed by atoms with Crippen molar-refractivity contribution in [1.82, 2.24) is 24.5 Å². The number of benzene rings is 1. The van der Waals surface area contributed by atoms with Gasteiger partial charge >= 0.3 is 0 Å². The highest BCUT2D eigenvalue weighted by molar-refractivity contribution is 5.84. The van der Waals surface area contributed by atoms with E-state index >= 15 is 0 Å². The van der Waals surface area contributed by atoms with Crippen LogP contribution in [0.25, 0.3) is 22.4 Å². The molecule has 35 heavy (non-hydrogen) atoms. The van der Waals surface area contributed by atoms with E-state index in [0.29, 0.717) is 25.8 Å². The van der Waals surface area contributed by atoms with Gasteiger partial charge in [-0.1, -0.05) is 37.1 Å². The lowest BCUT2D eigenvalue weighted by Crippen LogP contribution is -2.37. The lowest BCUT2D eigenvalue weighted by atomic mass is 10.1. The molecule has 1 saturated heterocycles. The van der Waals surface area contributed by atoms with Crippen molar-refractivity contribution in [3.63, 3.8) is 0 Å². The molecule has 3 aromatic heterocycles. The molecule has 3 N–H and O–H groups in total. The van der Waals surface area contributed by atoms with Crippen LogP contribution >= 0.6 is 0 Å². The number of nitrogens with one attached hydrogen (secondary N) is 1. The summed E-state index contributed by atoms with van der Waals surface area (Å²) in [6.07, 6.45) is 8.68. The second kappa shape index (κ2) is 9.50. The molecule has 0 bridgehead atoms. The maximum Gasteiger partial charge on any atom is 0.229 e. The Morgan fingerprint density at radius 3 is 2.60 bits per heavy atom. The van der Waals surface area contributed by atoms with Gasteiger partial charge < -0.3 is 25.3 Å². The number of hydrogen-bond acceptors (Lipinski definition) is 8. The summed E-state index contributed by atoms with van der Waals surface area (Å²) < 4.78 is 7.79. The van der Waals surface area contributed by atoms with Crippen LogP contribution in [0.2, 0.25) is 0 Å². The van der Waals surface area contributed by atoms with Crippen molar-refractivity contribution in [1.29, 1.82) is 0 Å². The second-order valence-electron chi connectivity index (χ2n) is 9.23. The number of nitrogen functional groups attached to an aromatic ring is 1. The number of aromatic nitrogens is 5. The van der Waals surface area contributed by atoms with Crippen molar-refractivity contribution in [3.8, 4) is 11.3 Å². The van der Waals surface area contributed by atoms with E-state index in [1.54, 1.807) is 0 Å². The summed E-state index contributed by atoms with van der Waals surface area (Å²) in [4.78, 5) is 21.4. The SMILES string of the molecule is Nc1ccccc1-c1ccc(CNc2nc(N3CCOCC3)nc3c2ncn3C2CCCC2)cn1. The predicted octanol–water partition coefficient (Wildman–Crippen LogP) is 4.03. The largest absolute Gasteiger partial charge is 0.398 e. The fourth-order valence-electron chi connectivity index (χ4n) is 4.99. The van der Waals surface area contributed by atoms with Crippen LogP contribution in [-0.2, 0) is 11.3 Å². The van der Waals surface area contributed by atoms with Crippen LogP contribution in [0.4, 0.5) is 17.5 Å². The minimum absolute atomic E-state index is 0.461. The first-order valence-electron chi connectivity index (χ1n) is 12.4. The molecule has 1 aliphatic carbocycles. The van der Waals surface area contributed by atoms with Gasteiger partial charge in [0, 0.05) is 43.1 Å². The summed E-state index contributed by atoms with van der Waals surface area (Å²) in [7, 11) is 0. The molecule has 2 fully saturated rings. The topological polar surface area (TPSA) is 107 Å². The van der Waals surface area contributed by atoms with Gasteiger partial charge in [-0.3, -0.25) is 4.98 Å². The Kier molecular flexibility index (Phi) is 5.91. The highest BCUT2D eigenvalue weighted by Crippen LogP contribution is 2.33. The van der Waals surface area contributed by atoms with E-state index in [0.717, 1.165) is 58.5 Å². The molecule has 0 radical (unpaired) electrons. The number of anilines is 3. The van der Waals surface area contributed by atoms with Crippen LogP contribution in [0.3, 0.4) is 0 Å². The van der Waals surface area contributed by atoms with Crippen LogP contribution in [0.5, 0.6) is 0 Å². The Hall–Kier alpha value is -3.72. The fourth-order valence-corrected chi connectivity index (χ4v) is 4.99. The lowest BCUT2D eigenvalue weighted by molar-refractivity contribution is 0.122. The Morgan fingerprint density at radius 2 is 1.83 bits per heavy atom. The molecule has 0 amide bonds. The third-order valence-corrected chi connectivity index (χ3v) is 6.94. The van der Waals surface area contributed by atoms with Gasteiger partial charge in [0.2, 0.25) is 5.95 Å². The zero-order valence-electron chi connectivity index (χ0n) is 19.7. The Balaban J connectivity index is 1.28. The summed E-state index contributed by atoms with van der Waals surface area (Å²) in [5, 5.41) is 3.51. The highest BCUT2D eigenvalue weighted by atomic mass is 16.5. The summed E-state index contributed by atoms with van der Waals surface area (Å²) in [5.41, 5.74) is 11.4. The average molecular weight is 471 g/mol. The van der Waals surface area contributed by atoms with Gasteiger partial charge in [0.25, 0.3) is 0 Å². The molecule has 0 spiro atoms. The van der Waals surface area contributed by atoms with E-state index in [9.17, 15) is 0 Å². The van der Waals surface area contributed by atoms with Crippen molar-refractivity contribution in [2.24, 2.45) is 0 Å². The van der Waals surface area contributed by atoms with Crippen LogP contribution in [0.15, 0.2) is 48.9 Å². The normalized spacial score (nSPS) is 16.7. The number of morpholine rings is 1. The molecule has 4 heterocycles. The molecule has 0 atom stereocenters. The maximum atomic E-state index is 6.11. The van der Waals surface area contributed by atoms with E-state index < -0.39 is 0 Å². The second-order valence-corrected chi connectivity index (χ2v) is 9.23. The third-order valence-electron chi connectivity index (χ3n) is 6.94. The van der Waals surface area contributed by atoms with Crippen molar-refractivity contribution in [2.45, 2.75) is 38.3 Å². The number of pyridine rings is 1. The van der Waals surface area contributed by atoms with E-state index in [2.05, 4.69) is 25.8 Å². The zero-order chi connectivity index (χ0) is 23.6. The van der Waals surface area contributed by atoms with E-state index in [1.165, 1.54) is 25.7 Å². The minimum Gasteiger partial charge on any atom is -0.398 e. The first-order valence-corrected chi connectivity index (χ1v) is 12.4. The van der Waals surface area contributed by atoms with Crippen molar-refractivity contribution < 1.29 is 4.74 Å². The van der Waals surface area contributed by atoms with Crippen molar-refractivity contribution in [3.05, 3.63) is 54.5 Å². The van der Waals surface area contributed by atoms with Crippen LogP contribution < -0.4 is 16.0 Å². The van der Waals surface area contributed by atoms with E-state index in [4.69, 9.17) is 25.4 Å². The molecule has 1 aromatic carbocycles. The average Bonchev–Trinajstić information content (AvgIpc) is 3.58. The quantitative estimate of drug-likeness (QED) is 0.407. The number of ether oxygens (including phenoxy) is 1. The number of nitrogens with zero attached hydrogens (tertiary/aromatic N) is 6. The highest BCUT2D eigenvalue weighted by Gasteiger charge is 2.23. The molecular formula is C26H30N8O. The van der Waals surface area contributed by atoms with Crippen LogP contribution in [-0.4, -0.2) is 50.8 Å². The van der Waals surface area contributed by atoms with Gasteiger partial charge in [0.1, 0.15) is 0 Å². The number of imidazole rings is 1. The zero-order valence-corrected chi connectivity index (χ0v) is 19.7. The van der Waals surface area contributed by atoms with Crippen LogP contribution in [0.1, 0.15) is 37.3 Å². The molecule has 4 aromatic rings. The molecule has 9 nitrogen and oxygen atoms in total. The number of fused-ring (bicyclic) bond motifs is 1. The van der Waals surface area contributed by atoms with E-state index in [1.807, 2.05) is 42.9 Å². The lowest BCUT2D eigenvalue weighted by Gasteiger charge is -2.27. The molecule has 0 unspecified atom stereocenters. The van der Waals surface area contributed by atoms with Gasteiger partial charge in [-0.25, -0.2) is 4.98 Å². The number of hydrogen-bond donors (Lipinski definition) is 2. The first-order chi connectivity index (χ1) is 17.3. The summed E-state index contributed by atoms with van der Waals surface area (Å²) >= 11 is 0. The Morgan fingerprint density at radius 1 is 1.00 bits per heavy atom. The summed E-state index contributed by atoms with van der Waals surface area (Å²) in [6.45, 7) is 3.54. The molecule has 9 heteroatoms. The molecule has 1 aliphatic heterocycles. The molecule has 1 saturated carbocycles. The molecule has 2 aliphatic rings. The predicted molar refractivity (Wildman–Crippen MR) is 137 cm³/mol.